The fourth-order valence-electron chi connectivity index (χ4n) is 3.41. The highest BCUT2D eigenvalue weighted by Gasteiger charge is 2.17. The Kier molecular flexibility index (Phi) is 7.55. The summed E-state index contributed by atoms with van der Waals surface area (Å²) >= 11 is 0. The van der Waals surface area contributed by atoms with Crippen LogP contribution in [-0.2, 0) is 13.1 Å². The van der Waals surface area contributed by atoms with Gasteiger partial charge in [0.25, 0.3) is 11.8 Å². The normalized spacial score (nSPS) is 10.7. The van der Waals surface area contributed by atoms with E-state index in [0.29, 0.717) is 22.7 Å². The molecule has 2 N–H and O–H groups in total. The quantitative estimate of drug-likeness (QED) is 0.554. The molecule has 2 amide bonds. The summed E-state index contributed by atoms with van der Waals surface area (Å²) in [7, 11) is 1.48. The Morgan fingerprint density at radius 3 is 1.68 bits per heavy atom. The first-order valence-corrected chi connectivity index (χ1v) is 11.0. The number of hydrogen-bond donors (Lipinski definition) is 2. The molecule has 0 atom stereocenters. The maximum Gasteiger partial charge on any atom is 0.255 e. The Morgan fingerprint density at radius 2 is 1.18 bits per heavy atom. The van der Waals surface area contributed by atoms with Crippen LogP contribution < -0.4 is 15.4 Å². The molecule has 34 heavy (non-hydrogen) atoms. The molecule has 1 aromatic carbocycles. The zero-order chi connectivity index (χ0) is 25.0. The van der Waals surface area contributed by atoms with Crippen LogP contribution in [0.25, 0.3) is 0 Å². The molecule has 2 heterocycles. The second-order valence-electron chi connectivity index (χ2n) is 8.13. The van der Waals surface area contributed by atoms with Crippen LogP contribution in [0.1, 0.15) is 66.3 Å². The van der Waals surface area contributed by atoms with Crippen molar-refractivity contribution in [3.8, 4) is 5.75 Å². The van der Waals surface area contributed by atoms with E-state index in [1.807, 2.05) is 41.5 Å². The van der Waals surface area contributed by atoms with Gasteiger partial charge in [0.15, 0.2) is 0 Å². The van der Waals surface area contributed by atoms with Crippen LogP contribution in [0.4, 0.5) is 0 Å². The SMILES string of the molecule is COc1ccc(C(=O)NCc2nc(C)c(C)nc2C)cc1C(=O)NCc1nc(C)c(C)nc1C. The molecule has 2 aromatic heterocycles. The van der Waals surface area contributed by atoms with Crippen LogP contribution >= 0.6 is 0 Å². The van der Waals surface area contributed by atoms with Gasteiger partial charge in [-0.2, -0.15) is 0 Å². The number of hydrogen-bond acceptors (Lipinski definition) is 7. The average Bonchev–Trinajstić information content (AvgIpc) is 2.81. The number of nitrogens with zero attached hydrogens (tertiary/aromatic N) is 4. The van der Waals surface area contributed by atoms with Crippen molar-refractivity contribution in [3.05, 3.63) is 74.9 Å². The first-order chi connectivity index (χ1) is 16.1. The number of methoxy groups -OCH3 is 1. The van der Waals surface area contributed by atoms with Crippen LogP contribution in [0.15, 0.2) is 18.2 Å². The molecule has 0 aliphatic heterocycles. The van der Waals surface area contributed by atoms with Gasteiger partial charge in [-0.25, -0.2) is 0 Å². The number of ether oxygens (including phenoxy) is 1. The first-order valence-electron chi connectivity index (χ1n) is 11.0. The van der Waals surface area contributed by atoms with Gasteiger partial charge in [-0.15, -0.1) is 0 Å². The van der Waals surface area contributed by atoms with Gasteiger partial charge in [0.05, 0.1) is 71.3 Å². The maximum atomic E-state index is 12.9. The summed E-state index contributed by atoms with van der Waals surface area (Å²) in [6.07, 6.45) is 0. The molecule has 0 radical (unpaired) electrons. The van der Waals surface area contributed by atoms with Crippen LogP contribution in [-0.4, -0.2) is 38.9 Å². The minimum absolute atomic E-state index is 0.211. The number of carbonyl (C=O) groups excluding carboxylic acids is 2. The molecule has 0 aliphatic carbocycles. The van der Waals surface area contributed by atoms with Gasteiger partial charge in [0, 0.05) is 5.56 Å². The van der Waals surface area contributed by atoms with Gasteiger partial charge < -0.3 is 15.4 Å². The molecule has 0 fully saturated rings. The van der Waals surface area contributed by atoms with Gasteiger partial charge in [0.1, 0.15) is 5.75 Å². The van der Waals surface area contributed by atoms with E-state index < -0.39 is 0 Å². The molecule has 0 saturated carbocycles. The van der Waals surface area contributed by atoms with Crippen molar-refractivity contribution in [2.45, 2.75) is 54.6 Å². The van der Waals surface area contributed by atoms with Crippen molar-refractivity contribution < 1.29 is 14.3 Å². The van der Waals surface area contributed by atoms with Crippen LogP contribution in [0.5, 0.6) is 5.75 Å². The molecule has 0 saturated heterocycles. The number of aryl methyl sites for hydroxylation is 6. The topological polar surface area (TPSA) is 119 Å². The van der Waals surface area contributed by atoms with Crippen molar-refractivity contribution >= 4 is 11.8 Å². The van der Waals surface area contributed by atoms with E-state index in [-0.39, 0.29) is 30.5 Å². The van der Waals surface area contributed by atoms with Crippen molar-refractivity contribution in [1.29, 1.82) is 0 Å². The average molecular weight is 463 g/mol. The second-order valence-corrected chi connectivity index (χ2v) is 8.13. The van der Waals surface area contributed by atoms with Crippen molar-refractivity contribution in [1.82, 2.24) is 30.6 Å². The number of benzene rings is 1. The molecule has 9 nitrogen and oxygen atoms in total. The fraction of sp³-hybridized carbons (Fsp3) is 0.360. The van der Waals surface area contributed by atoms with Crippen LogP contribution in [0.2, 0.25) is 0 Å². The lowest BCUT2D eigenvalue weighted by Gasteiger charge is -2.13. The maximum absolute atomic E-state index is 12.9. The largest absolute Gasteiger partial charge is 0.496 e. The summed E-state index contributed by atoms with van der Waals surface area (Å²) in [6, 6.07) is 4.73. The van der Waals surface area contributed by atoms with E-state index in [9.17, 15) is 9.59 Å². The summed E-state index contributed by atoms with van der Waals surface area (Å²) in [5.74, 6) is -0.332. The molecule has 9 heteroatoms. The highest BCUT2D eigenvalue weighted by atomic mass is 16.5. The number of rotatable bonds is 7. The lowest BCUT2D eigenvalue weighted by molar-refractivity contribution is 0.0947. The minimum atomic E-state index is -0.373. The number of nitrogens with one attached hydrogen (secondary N) is 2. The van der Waals surface area contributed by atoms with E-state index in [1.165, 1.54) is 13.2 Å². The fourth-order valence-corrected chi connectivity index (χ4v) is 3.41. The van der Waals surface area contributed by atoms with E-state index >= 15 is 0 Å². The predicted octanol–water partition coefficient (Wildman–Crippen LogP) is 2.99. The van der Waals surface area contributed by atoms with Crippen LogP contribution in [0.3, 0.4) is 0 Å². The zero-order valence-corrected chi connectivity index (χ0v) is 20.7. The van der Waals surface area contributed by atoms with Gasteiger partial charge in [0.2, 0.25) is 0 Å². The third-order valence-electron chi connectivity index (χ3n) is 5.70. The van der Waals surface area contributed by atoms with Crippen molar-refractivity contribution in [2.75, 3.05) is 7.11 Å². The number of carbonyl (C=O) groups is 2. The third-order valence-corrected chi connectivity index (χ3v) is 5.70. The van der Waals surface area contributed by atoms with Gasteiger partial charge in [-0.1, -0.05) is 0 Å². The Hall–Kier alpha value is -3.88. The Balaban J connectivity index is 1.74. The molecule has 0 aliphatic rings. The molecular formula is C25H30N6O3. The summed E-state index contributed by atoms with van der Waals surface area (Å²) in [5, 5.41) is 5.70. The Bertz CT molecular complexity index is 1260. The molecular weight excluding hydrogens is 432 g/mol. The van der Waals surface area contributed by atoms with Gasteiger partial charge >= 0.3 is 0 Å². The van der Waals surface area contributed by atoms with Gasteiger partial charge in [-0.05, 0) is 59.7 Å². The predicted molar refractivity (Wildman–Crippen MR) is 128 cm³/mol. The minimum Gasteiger partial charge on any atom is -0.496 e. The molecule has 0 unspecified atom stereocenters. The number of aromatic nitrogens is 4. The van der Waals surface area contributed by atoms with Gasteiger partial charge in [-0.3, -0.25) is 29.5 Å². The lowest BCUT2D eigenvalue weighted by atomic mass is 10.1. The highest BCUT2D eigenvalue weighted by molar-refractivity contribution is 6.01. The second kappa shape index (κ2) is 10.4. The molecule has 0 bridgehead atoms. The van der Waals surface area contributed by atoms with Crippen molar-refractivity contribution in [2.24, 2.45) is 0 Å². The standard InChI is InChI=1S/C25H30N6O3/c1-13-15(3)30-21(17(5)28-13)11-26-24(32)19-8-9-23(34-7)20(10-19)25(33)27-12-22-18(6)29-14(2)16(4)31-22/h8-10H,11-12H2,1-7H3,(H,26,32)(H,27,33). The molecule has 0 spiro atoms. The smallest absolute Gasteiger partial charge is 0.255 e. The van der Waals surface area contributed by atoms with E-state index in [0.717, 1.165) is 34.2 Å². The van der Waals surface area contributed by atoms with Crippen LogP contribution in [0, 0.1) is 41.5 Å². The first kappa shape index (κ1) is 24.8. The highest BCUT2D eigenvalue weighted by Crippen LogP contribution is 2.20. The molecule has 178 valence electrons. The monoisotopic (exact) mass is 462 g/mol. The molecule has 3 aromatic rings. The molecule has 3 rings (SSSR count). The zero-order valence-electron chi connectivity index (χ0n) is 20.7. The lowest BCUT2D eigenvalue weighted by Crippen LogP contribution is -2.27. The van der Waals surface area contributed by atoms with E-state index in [4.69, 9.17) is 4.74 Å². The summed E-state index contributed by atoms with van der Waals surface area (Å²) < 4.78 is 5.34. The van der Waals surface area contributed by atoms with Crippen molar-refractivity contribution in [3.63, 3.8) is 0 Å². The summed E-state index contributed by atoms with van der Waals surface area (Å²) in [4.78, 5) is 43.7. The van der Waals surface area contributed by atoms with E-state index in [1.54, 1.807) is 12.1 Å². The number of amides is 2. The summed E-state index contributed by atoms with van der Waals surface area (Å²) in [5.41, 5.74) is 6.86. The summed E-state index contributed by atoms with van der Waals surface area (Å²) in [6.45, 7) is 11.7. The Labute approximate surface area is 199 Å². The third kappa shape index (κ3) is 5.54. The Morgan fingerprint density at radius 1 is 0.706 bits per heavy atom. The van der Waals surface area contributed by atoms with E-state index in [2.05, 4.69) is 30.6 Å².